The van der Waals surface area contributed by atoms with Crippen molar-refractivity contribution in [2.45, 2.75) is 37.8 Å². The van der Waals surface area contributed by atoms with Crippen molar-refractivity contribution in [3.05, 3.63) is 34.1 Å². The zero-order valence-electron chi connectivity index (χ0n) is 9.96. The van der Waals surface area contributed by atoms with Crippen LogP contribution in [0.15, 0.2) is 22.7 Å². The minimum atomic E-state index is -0.435. The van der Waals surface area contributed by atoms with E-state index in [-0.39, 0.29) is 18.0 Å². The van der Waals surface area contributed by atoms with Gasteiger partial charge in [0.25, 0.3) is 5.91 Å². The third kappa shape index (κ3) is 3.09. The first-order valence-corrected chi connectivity index (χ1v) is 6.88. The average molecular weight is 315 g/mol. The van der Waals surface area contributed by atoms with Gasteiger partial charge in [0.2, 0.25) is 0 Å². The van der Waals surface area contributed by atoms with E-state index < -0.39 is 5.82 Å². The first kappa shape index (κ1) is 13.5. The van der Waals surface area contributed by atoms with E-state index >= 15 is 0 Å². The number of benzene rings is 1. The maximum Gasteiger partial charge on any atom is 0.251 e. The molecule has 0 bridgehead atoms. The van der Waals surface area contributed by atoms with E-state index in [9.17, 15) is 9.18 Å². The van der Waals surface area contributed by atoms with Gasteiger partial charge in [-0.2, -0.15) is 0 Å². The molecule has 1 aliphatic rings. The lowest BCUT2D eigenvalue weighted by Crippen LogP contribution is -2.49. The third-order valence-corrected chi connectivity index (χ3v) is 3.96. The van der Waals surface area contributed by atoms with Crippen molar-refractivity contribution in [2.75, 3.05) is 0 Å². The summed E-state index contributed by atoms with van der Waals surface area (Å²) < 4.78 is 13.7. The molecule has 0 heterocycles. The fraction of sp³-hybridized carbons (Fsp3) is 0.462. The number of amides is 1. The van der Waals surface area contributed by atoms with Gasteiger partial charge in [-0.15, -0.1) is 0 Å². The first-order valence-electron chi connectivity index (χ1n) is 6.09. The van der Waals surface area contributed by atoms with Crippen LogP contribution in [0.2, 0.25) is 0 Å². The number of halogens is 2. The fourth-order valence-electron chi connectivity index (χ4n) is 2.23. The maximum atomic E-state index is 13.3. The molecule has 1 aliphatic carbocycles. The molecule has 3 nitrogen and oxygen atoms in total. The van der Waals surface area contributed by atoms with Gasteiger partial charge in [-0.25, -0.2) is 4.39 Å². The van der Waals surface area contributed by atoms with Crippen molar-refractivity contribution in [1.82, 2.24) is 5.32 Å². The van der Waals surface area contributed by atoms with Crippen LogP contribution in [0.4, 0.5) is 4.39 Å². The molecule has 98 valence electrons. The molecule has 0 aromatic heterocycles. The number of nitrogens with one attached hydrogen (secondary N) is 1. The molecular weight excluding hydrogens is 299 g/mol. The van der Waals surface area contributed by atoms with Gasteiger partial charge in [-0.1, -0.05) is 12.8 Å². The Bertz CT molecular complexity index is 453. The van der Waals surface area contributed by atoms with Crippen molar-refractivity contribution in [3.63, 3.8) is 0 Å². The monoisotopic (exact) mass is 314 g/mol. The Labute approximate surface area is 114 Å². The van der Waals surface area contributed by atoms with Crippen LogP contribution in [0.5, 0.6) is 0 Å². The van der Waals surface area contributed by atoms with E-state index in [2.05, 4.69) is 21.2 Å². The van der Waals surface area contributed by atoms with Crippen LogP contribution in [-0.2, 0) is 0 Å². The van der Waals surface area contributed by atoms with Crippen LogP contribution < -0.4 is 11.1 Å². The lowest BCUT2D eigenvalue weighted by Gasteiger charge is -2.29. The molecular formula is C13H16BrFN2O. The number of hydrogen-bond donors (Lipinski definition) is 2. The molecule has 0 saturated heterocycles. The van der Waals surface area contributed by atoms with Crippen molar-refractivity contribution < 1.29 is 9.18 Å². The van der Waals surface area contributed by atoms with Gasteiger partial charge in [0.15, 0.2) is 0 Å². The van der Waals surface area contributed by atoms with E-state index in [4.69, 9.17) is 5.73 Å². The smallest absolute Gasteiger partial charge is 0.251 e. The van der Waals surface area contributed by atoms with Crippen LogP contribution in [0.25, 0.3) is 0 Å². The molecule has 1 fully saturated rings. The summed E-state index contributed by atoms with van der Waals surface area (Å²) >= 11 is 3.06. The Morgan fingerprint density at radius 2 is 2.11 bits per heavy atom. The molecule has 2 rings (SSSR count). The molecule has 3 N–H and O–H groups in total. The predicted octanol–water partition coefficient (Wildman–Crippen LogP) is 2.59. The van der Waals surface area contributed by atoms with Crippen LogP contribution >= 0.6 is 15.9 Å². The summed E-state index contributed by atoms with van der Waals surface area (Å²) in [4.78, 5) is 12.0. The molecule has 0 radical (unpaired) electrons. The predicted molar refractivity (Wildman–Crippen MR) is 71.8 cm³/mol. The molecule has 5 heteroatoms. The Balaban J connectivity index is 2.04. The second kappa shape index (κ2) is 5.80. The highest BCUT2D eigenvalue weighted by atomic mass is 79.9. The Kier molecular flexibility index (Phi) is 4.35. The molecule has 2 unspecified atom stereocenters. The highest BCUT2D eigenvalue weighted by Crippen LogP contribution is 2.19. The molecule has 1 aromatic carbocycles. The van der Waals surface area contributed by atoms with Crippen LogP contribution in [0.3, 0.4) is 0 Å². The Hall–Kier alpha value is -0.940. The number of nitrogens with two attached hydrogens (primary N) is 1. The Morgan fingerprint density at radius 3 is 2.78 bits per heavy atom. The molecule has 1 amide bonds. The van der Waals surface area contributed by atoms with E-state index in [0.717, 1.165) is 25.7 Å². The maximum absolute atomic E-state index is 13.3. The summed E-state index contributed by atoms with van der Waals surface area (Å²) in [5.74, 6) is -0.695. The van der Waals surface area contributed by atoms with Crippen LogP contribution in [0.1, 0.15) is 36.0 Å². The lowest BCUT2D eigenvalue weighted by atomic mass is 9.91. The lowest BCUT2D eigenvalue weighted by molar-refractivity contribution is 0.0921. The summed E-state index contributed by atoms with van der Waals surface area (Å²) in [6.07, 6.45) is 4.01. The van der Waals surface area contributed by atoms with Gasteiger partial charge in [-0.05, 0) is 47.0 Å². The standard InChI is InChI=1S/C13H16BrFN2O/c14-9-6-5-8(7-10(9)15)13(18)17-12-4-2-1-3-11(12)16/h5-7,11-12H,1-4,16H2,(H,17,18). The summed E-state index contributed by atoms with van der Waals surface area (Å²) in [5, 5.41) is 2.89. The molecule has 1 saturated carbocycles. The van der Waals surface area contributed by atoms with E-state index in [1.807, 2.05) is 0 Å². The van der Waals surface area contributed by atoms with Gasteiger partial charge in [0.05, 0.1) is 4.47 Å². The normalized spacial score (nSPS) is 23.7. The molecule has 1 aromatic rings. The minimum absolute atomic E-state index is 0.00189. The number of carbonyl (C=O) groups excluding carboxylic acids is 1. The van der Waals surface area contributed by atoms with E-state index in [0.29, 0.717) is 10.0 Å². The summed E-state index contributed by atoms with van der Waals surface area (Å²) in [6, 6.07) is 4.36. The largest absolute Gasteiger partial charge is 0.348 e. The summed E-state index contributed by atoms with van der Waals surface area (Å²) in [6.45, 7) is 0. The number of hydrogen-bond acceptors (Lipinski definition) is 2. The van der Waals surface area contributed by atoms with Gasteiger partial charge < -0.3 is 11.1 Å². The second-order valence-electron chi connectivity index (χ2n) is 4.66. The second-order valence-corrected chi connectivity index (χ2v) is 5.51. The highest BCUT2D eigenvalue weighted by molar-refractivity contribution is 9.10. The van der Waals surface area contributed by atoms with Crippen molar-refractivity contribution in [1.29, 1.82) is 0 Å². The quantitative estimate of drug-likeness (QED) is 0.881. The minimum Gasteiger partial charge on any atom is -0.348 e. The summed E-state index contributed by atoms with van der Waals surface area (Å²) in [7, 11) is 0. The molecule has 0 aliphatic heterocycles. The van der Waals surface area contributed by atoms with Gasteiger partial charge in [0, 0.05) is 17.6 Å². The molecule has 18 heavy (non-hydrogen) atoms. The number of rotatable bonds is 2. The molecule has 2 atom stereocenters. The van der Waals surface area contributed by atoms with Crippen LogP contribution in [0, 0.1) is 5.82 Å². The topological polar surface area (TPSA) is 55.1 Å². The number of carbonyl (C=O) groups is 1. The Morgan fingerprint density at radius 1 is 1.39 bits per heavy atom. The highest BCUT2D eigenvalue weighted by Gasteiger charge is 2.23. The zero-order valence-corrected chi connectivity index (χ0v) is 11.5. The van der Waals surface area contributed by atoms with Crippen LogP contribution in [-0.4, -0.2) is 18.0 Å². The first-order chi connectivity index (χ1) is 8.58. The summed E-state index contributed by atoms with van der Waals surface area (Å²) in [5.41, 5.74) is 6.29. The SMILES string of the molecule is NC1CCCCC1NC(=O)c1ccc(Br)c(F)c1. The van der Waals surface area contributed by atoms with E-state index in [1.54, 1.807) is 6.07 Å². The zero-order chi connectivity index (χ0) is 13.1. The fourth-order valence-corrected chi connectivity index (χ4v) is 2.47. The van der Waals surface area contributed by atoms with E-state index in [1.165, 1.54) is 12.1 Å². The third-order valence-electron chi connectivity index (χ3n) is 3.32. The van der Waals surface area contributed by atoms with Gasteiger partial charge >= 0.3 is 0 Å². The van der Waals surface area contributed by atoms with Crippen molar-refractivity contribution in [3.8, 4) is 0 Å². The van der Waals surface area contributed by atoms with Gasteiger partial charge in [-0.3, -0.25) is 4.79 Å². The average Bonchev–Trinajstić information content (AvgIpc) is 2.35. The molecule has 0 spiro atoms. The van der Waals surface area contributed by atoms with Crippen molar-refractivity contribution in [2.24, 2.45) is 5.73 Å². The van der Waals surface area contributed by atoms with Gasteiger partial charge in [0.1, 0.15) is 5.82 Å². The van der Waals surface area contributed by atoms with Crippen molar-refractivity contribution >= 4 is 21.8 Å².